The van der Waals surface area contributed by atoms with Crippen LogP contribution in [0.25, 0.3) is 0 Å². The zero-order chi connectivity index (χ0) is 14.4. The number of nitrogens with zero attached hydrogens (tertiary/aromatic N) is 2. The molecule has 2 amide bonds. The summed E-state index contributed by atoms with van der Waals surface area (Å²) in [6, 6.07) is 9.98. The minimum absolute atomic E-state index is 0.196. The molecule has 4 nitrogen and oxygen atoms in total. The summed E-state index contributed by atoms with van der Waals surface area (Å²) in [5.41, 5.74) is 1.15. The van der Waals surface area contributed by atoms with E-state index in [1.165, 1.54) is 0 Å². The van der Waals surface area contributed by atoms with Crippen LogP contribution in [0.3, 0.4) is 0 Å². The minimum atomic E-state index is -0.885. The van der Waals surface area contributed by atoms with Crippen molar-refractivity contribution in [3.63, 3.8) is 0 Å². The Morgan fingerprint density at radius 1 is 0.895 bits per heavy atom. The van der Waals surface area contributed by atoms with Crippen LogP contribution in [0.15, 0.2) is 30.3 Å². The van der Waals surface area contributed by atoms with Gasteiger partial charge in [0, 0.05) is 0 Å². The van der Waals surface area contributed by atoms with Crippen molar-refractivity contribution in [3.8, 4) is 0 Å². The molecule has 0 unspecified atom stereocenters. The van der Waals surface area contributed by atoms with Crippen LogP contribution in [0, 0.1) is 0 Å². The van der Waals surface area contributed by atoms with E-state index in [4.69, 9.17) is 0 Å². The maximum absolute atomic E-state index is 12.0. The van der Waals surface area contributed by atoms with Gasteiger partial charge in [-0.2, -0.15) is 0 Å². The van der Waals surface area contributed by atoms with Gasteiger partial charge in [0.05, 0.1) is 0 Å². The van der Waals surface area contributed by atoms with Crippen molar-refractivity contribution in [2.24, 2.45) is 0 Å². The molecule has 0 radical (unpaired) electrons. The molecule has 0 spiro atoms. The van der Waals surface area contributed by atoms with Gasteiger partial charge in [-0.1, -0.05) is 0 Å². The number of carbonyl (C=O) groups excluding carboxylic acids is 2. The van der Waals surface area contributed by atoms with Crippen LogP contribution < -0.4 is 0 Å². The van der Waals surface area contributed by atoms with E-state index in [1.54, 1.807) is 38.0 Å². The maximum atomic E-state index is 12.0. The van der Waals surface area contributed by atoms with Crippen LogP contribution in [0.1, 0.15) is 7.58 Å². The van der Waals surface area contributed by atoms with Crippen molar-refractivity contribution in [3.05, 3.63) is 35.9 Å². The Hall–Kier alpha value is -0.261. The summed E-state index contributed by atoms with van der Waals surface area (Å²) < 4.78 is 0.605. The van der Waals surface area contributed by atoms with E-state index >= 15 is 0 Å². The molecule has 0 saturated heterocycles. The van der Waals surface area contributed by atoms with E-state index in [9.17, 15) is 9.59 Å². The van der Waals surface area contributed by atoms with Crippen LogP contribution in [-0.2, 0) is 0 Å². The van der Waals surface area contributed by atoms with E-state index in [0.717, 1.165) is 5.56 Å². The van der Waals surface area contributed by atoms with Gasteiger partial charge in [0.15, 0.2) is 0 Å². The second kappa shape index (κ2) is 8.12. The Kier molecular flexibility index (Phi) is 7.18. The van der Waals surface area contributed by atoms with Gasteiger partial charge in [-0.3, -0.25) is 0 Å². The molecule has 1 rings (SSSR count). The zero-order valence-corrected chi connectivity index (χ0v) is 16.2. The van der Waals surface area contributed by atoms with Crippen molar-refractivity contribution < 1.29 is 9.59 Å². The average molecular weight is 489 g/mol. The molecule has 6 heteroatoms. The molecule has 19 heavy (non-hydrogen) atoms. The van der Waals surface area contributed by atoms with Crippen LogP contribution in [-0.4, -0.2) is 87.7 Å². The molecule has 104 valence electrons. The molecule has 1 aromatic rings. The third-order valence-corrected chi connectivity index (χ3v) is 11.9. The molecule has 0 atom stereocenters. The summed E-state index contributed by atoms with van der Waals surface area (Å²) in [7, 11) is 7.12. The number of amides is 2. The molecule has 0 bridgehead atoms. The van der Waals surface area contributed by atoms with Crippen molar-refractivity contribution >= 4 is 49.8 Å². The number of rotatable bonds is 5. The third-order valence-electron chi connectivity index (χ3n) is 2.22. The third kappa shape index (κ3) is 5.71. The molecule has 0 aliphatic rings. The topological polar surface area (TPSA) is 40.6 Å². The number of hydrogen-bond acceptors (Lipinski definition) is 2. The first-order valence-corrected chi connectivity index (χ1v) is 10.7. The molecule has 0 aliphatic heterocycles. The second-order valence-corrected chi connectivity index (χ2v) is 13.2. The van der Waals surface area contributed by atoms with Crippen molar-refractivity contribution in [2.45, 2.75) is 2.01 Å². The number of carbonyl (C=O) groups is 2. The SMILES string of the molecule is CN(C)C(=O)[Te]C([Te]C(=O)N(C)C)c1ccccc1. The summed E-state index contributed by atoms with van der Waals surface area (Å²) in [5, 5.41) is 0. The van der Waals surface area contributed by atoms with E-state index in [-0.39, 0.29) is 9.92 Å². The van der Waals surface area contributed by atoms with Gasteiger partial charge in [-0.25, -0.2) is 0 Å². The standard InChI is InChI=1S/C13H18N2O2Te2/c1-14(2)12(16)18-11(19-13(17)15(3)4)10-8-6-5-7-9-10/h5-9,11H,1-4H3. The Morgan fingerprint density at radius 3 is 1.68 bits per heavy atom. The first-order chi connectivity index (χ1) is 8.91. The van der Waals surface area contributed by atoms with Crippen LogP contribution in [0.5, 0.6) is 0 Å². The van der Waals surface area contributed by atoms with Crippen molar-refractivity contribution in [1.82, 2.24) is 9.80 Å². The Bertz CT molecular complexity index is 414. The van der Waals surface area contributed by atoms with Gasteiger partial charge in [0.1, 0.15) is 0 Å². The molecule has 0 N–H and O–H groups in total. The summed E-state index contributed by atoms with van der Waals surface area (Å²) in [5.74, 6) is 0. The van der Waals surface area contributed by atoms with Gasteiger partial charge < -0.3 is 0 Å². The van der Waals surface area contributed by atoms with Gasteiger partial charge in [-0.15, -0.1) is 0 Å². The van der Waals surface area contributed by atoms with E-state index in [1.807, 2.05) is 30.3 Å². The van der Waals surface area contributed by atoms with Crippen LogP contribution in [0.2, 0.25) is 0 Å². The number of hydrogen-bond donors (Lipinski definition) is 0. The fourth-order valence-corrected chi connectivity index (χ4v) is 9.30. The predicted molar refractivity (Wildman–Crippen MR) is 78.9 cm³/mol. The second-order valence-electron chi connectivity index (χ2n) is 4.30. The van der Waals surface area contributed by atoms with Crippen LogP contribution in [0.4, 0.5) is 9.59 Å². The van der Waals surface area contributed by atoms with E-state index in [2.05, 4.69) is 0 Å². The monoisotopic (exact) mass is 494 g/mol. The average Bonchev–Trinajstić information content (AvgIpc) is 2.38. The van der Waals surface area contributed by atoms with Crippen molar-refractivity contribution in [2.75, 3.05) is 28.2 Å². The molecule has 0 aromatic heterocycles. The molecule has 0 heterocycles. The molecule has 0 saturated carbocycles. The molecule has 0 aliphatic carbocycles. The quantitative estimate of drug-likeness (QED) is 0.588. The summed E-state index contributed by atoms with van der Waals surface area (Å²) in [6.07, 6.45) is 0. The molecular weight excluding hydrogens is 471 g/mol. The fourth-order valence-electron chi connectivity index (χ4n) is 1.16. The van der Waals surface area contributed by atoms with Gasteiger partial charge in [-0.05, 0) is 0 Å². The summed E-state index contributed by atoms with van der Waals surface area (Å²) in [4.78, 5) is 27.2. The molecule has 0 fully saturated rings. The van der Waals surface area contributed by atoms with Gasteiger partial charge in [0.25, 0.3) is 0 Å². The Labute approximate surface area is 134 Å². The van der Waals surface area contributed by atoms with Gasteiger partial charge in [0.2, 0.25) is 0 Å². The Balaban J connectivity index is 2.85. The van der Waals surface area contributed by atoms with Crippen LogP contribution >= 0.6 is 0 Å². The Morgan fingerprint density at radius 2 is 1.32 bits per heavy atom. The number of benzene rings is 1. The normalized spacial score (nSPS) is 10.4. The van der Waals surface area contributed by atoms with E-state index < -0.39 is 41.8 Å². The summed E-state index contributed by atoms with van der Waals surface area (Å²) in [6.45, 7) is 0. The zero-order valence-electron chi connectivity index (χ0n) is 11.5. The first kappa shape index (κ1) is 16.8. The van der Waals surface area contributed by atoms with Gasteiger partial charge >= 0.3 is 135 Å². The summed E-state index contributed by atoms with van der Waals surface area (Å²) >= 11 is -1.77. The fraction of sp³-hybridized carbons (Fsp3) is 0.385. The first-order valence-electron chi connectivity index (χ1n) is 5.72. The van der Waals surface area contributed by atoms with Crippen molar-refractivity contribution in [1.29, 1.82) is 0 Å². The molecular formula is C13H18N2O2Te2. The molecule has 1 aromatic carbocycles. The van der Waals surface area contributed by atoms with E-state index in [0.29, 0.717) is 0 Å². The predicted octanol–water partition coefficient (Wildman–Crippen LogP) is 1.46.